The molecule has 1 aromatic heterocycles. The average Bonchev–Trinajstić information content (AvgIpc) is 2.43. The van der Waals surface area contributed by atoms with Crippen molar-refractivity contribution in [2.45, 2.75) is 34.1 Å². The number of rotatable bonds is 7. The monoisotopic (exact) mass is 280 g/mol. The molecule has 0 bridgehead atoms. The van der Waals surface area contributed by atoms with Crippen molar-refractivity contribution in [2.24, 2.45) is 5.84 Å². The standard InChI is InChI=1S/C13H24N6O/c1-5-19(6-2)11(20)7-8-15-12-9(3)13(18-14)17-10(4)16-12/h5-8,14H2,1-4H3,(H2,15,16,17,18). The van der Waals surface area contributed by atoms with Crippen molar-refractivity contribution >= 4 is 17.5 Å². The maximum atomic E-state index is 11.9. The van der Waals surface area contributed by atoms with Crippen molar-refractivity contribution in [2.75, 3.05) is 30.4 Å². The van der Waals surface area contributed by atoms with Gasteiger partial charge >= 0.3 is 0 Å². The van der Waals surface area contributed by atoms with Crippen LogP contribution in [0.1, 0.15) is 31.7 Å². The molecule has 4 N–H and O–H groups in total. The molecule has 7 nitrogen and oxygen atoms in total. The second-order valence-corrected chi connectivity index (χ2v) is 4.48. The zero-order valence-corrected chi connectivity index (χ0v) is 12.7. The molecule has 1 rings (SSSR count). The van der Waals surface area contributed by atoms with E-state index in [0.29, 0.717) is 30.4 Å². The second kappa shape index (κ2) is 7.64. The van der Waals surface area contributed by atoms with Gasteiger partial charge in [-0.15, -0.1) is 0 Å². The van der Waals surface area contributed by atoms with Crippen LogP contribution in [0.15, 0.2) is 0 Å². The van der Waals surface area contributed by atoms with Gasteiger partial charge in [-0.2, -0.15) is 0 Å². The third-order valence-electron chi connectivity index (χ3n) is 3.14. The smallest absolute Gasteiger partial charge is 0.224 e. The van der Waals surface area contributed by atoms with Crippen molar-refractivity contribution in [1.29, 1.82) is 0 Å². The molecule has 0 radical (unpaired) electrons. The van der Waals surface area contributed by atoms with E-state index < -0.39 is 0 Å². The highest BCUT2D eigenvalue weighted by Crippen LogP contribution is 2.18. The number of nitrogen functional groups attached to an aromatic ring is 1. The molecule has 0 saturated heterocycles. The number of nitrogens with zero attached hydrogens (tertiary/aromatic N) is 3. The summed E-state index contributed by atoms with van der Waals surface area (Å²) >= 11 is 0. The summed E-state index contributed by atoms with van der Waals surface area (Å²) in [4.78, 5) is 22.2. The van der Waals surface area contributed by atoms with Gasteiger partial charge in [0.1, 0.15) is 17.5 Å². The fraction of sp³-hybridized carbons (Fsp3) is 0.615. The molecule has 0 aliphatic rings. The lowest BCUT2D eigenvalue weighted by Crippen LogP contribution is -2.31. The molecule has 0 unspecified atom stereocenters. The van der Waals surface area contributed by atoms with E-state index in [2.05, 4.69) is 20.7 Å². The molecule has 7 heteroatoms. The summed E-state index contributed by atoms with van der Waals surface area (Å²) < 4.78 is 0. The van der Waals surface area contributed by atoms with Gasteiger partial charge in [-0.05, 0) is 27.7 Å². The number of nitrogens with two attached hydrogens (primary N) is 1. The Bertz CT molecular complexity index is 458. The summed E-state index contributed by atoms with van der Waals surface area (Å²) in [5, 5.41) is 3.17. The van der Waals surface area contributed by atoms with E-state index in [1.807, 2.05) is 25.7 Å². The molecule has 20 heavy (non-hydrogen) atoms. The van der Waals surface area contributed by atoms with Gasteiger partial charge in [-0.3, -0.25) is 4.79 Å². The Morgan fingerprint density at radius 1 is 1.20 bits per heavy atom. The Morgan fingerprint density at radius 3 is 2.35 bits per heavy atom. The van der Waals surface area contributed by atoms with Crippen LogP contribution in [0.5, 0.6) is 0 Å². The van der Waals surface area contributed by atoms with E-state index in [0.717, 1.165) is 18.7 Å². The number of nitrogens with one attached hydrogen (secondary N) is 2. The molecule has 0 aliphatic carbocycles. The zero-order chi connectivity index (χ0) is 15.1. The minimum atomic E-state index is 0.142. The summed E-state index contributed by atoms with van der Waals surface area (Å²) in [6.45, 7) is 9.65. The van der Waals surface area contributed by atoms with Crippen LogP contribution in [0.4, 0.5) is 11.6 Å². The number of carbonyl (C=O) groups is 1. The molecular formula is C13H24N6O. The lowest BCUT2D eigenvalue weighted by Gasteiger charge is -2.19. The van der Waals surface area contributed by atoms with Crippen molar-refractivity contribution in [3.05, 3.63) is 11.4 Å². The Hall–Kier alpha value is -1.89. The molecule has 0 atom stereocenters. The summed E-state index contributed by atoms with van der Waals surface area (Å²) in [7, 11) is 0. The lowest BCUT2D eigenvalue weighted by molar-refractivity contribution is -0.130. The van der Waals surface area contributed by atoms with Gasteiger partial charge in [0.05, 0.1) is 0 Å². The predicted molar refractivity (Wildman–Crippen MR) is 80.4 cm³/mol. The maximum Gasteiger partial charge on any atom is 0.224 e. The highest BCUT2D eigenvalue weighted by molar-refractivity contribution is 5.76. The van der Waals surface area contributed by atoms with Gasteiger partial charge in [-0.1, -0.05) is 0 Å². The minimum absolute atomic E-state index is 0.142. The van der Waals surface area contributed by atoms with Crippen molar-refractivity contribution in [1.82, 2.24) is 14.9 Å². The zero-order valence-electron chi connectivity index (χ0n) is 12.7. The number of amides is 1. The third kappa shape index (κ3) is 4.06. The van der Waals surface area contributed by atoms with Gasteiger partial charge in [-0.25, -0.2) is 15.8 Å². The number of hydrogen-bond donors (Lipinski definition) is 3. The highest BCUT2D eigenvalue weighted by Gasteiger charge is 2.11. The third-order valence-corrected chi connectivity index (χ3v) is 3.14. The molecule has 0 saturated carbocycles. The van der Waals surface area contributed by atoms with Gasteiger partial charge in [0.15, 0.2) is 0 Å². The van der Waals surface area contributed by atoms with Gasteiger partial charge in [0.2, 0.25) is 5.91 Å². The van der Waals surface area contributed by atoms with Crippen LogP contribution in [0.2, 0.25) is 0 Å². The number of carbonyl (C=O) groups excluding carboxylic acids is 1. The van der Waals surface area contributed by atoms with E-state index in [4.69, 9.17) is 5.84 Å². The van der Waals surface area contributed by atoms with Crippen LogP contribution in [-0.4, -0.2) is 40.4 Å². The molecule has 1 amide bonds. The summed E-state index contributed by atoms with van der Waals surface area (Å²) in [6.07, 6.45) is 0.440. The van der Waals surface area contributed by atoms with Crippen molar-refractivity contribution in [3.8, 4) is 0 Å². The first kappa shape index (κ1) is 16.2. The SMILES string of the molecule is CCN(CC)C(=O)CCNc1nc(C)nc(NN)c1C. The Morgan fingerprint density at radius 2 is 1.80 bits per heavy atom. The first-order valence-corrected chi connectivity index (χ1v) is 6.86. The number of aromatic nitrogens is 2. The predicted octanol–water partition coefficient (Wildman–Crippen LogP) is 1.05. The van der Waals surface area contributed by atoms with Crippen LogP contribution < -0.4 is 16.6 Å². The van der Waals surface area contributed by atoms with Gasteiger partial charge in [0, 0.05) is 31.6 Å². The topological polar surface area (TPSA) is 96.2 Å². The average molecular weight is 280 g/mol. The van der Waals surface area contributed by atoms with Crippen molar-refractivity contribution in [3.63, 3.8) is 0 Å². The van der Waals surface area contributed by atoms with E-state index in [9.17, 15) is 4.79 Å². The largest absolute Gasteiger partial charge is 0.369 e. The molecule has 0 spiro atoms. The van der Waals surface area contributed by atoms with E-state index in [1.54, 1.807) is 6.92 Å². The molecular weight excluding hydrogens is 256 g/mol. The Balaban J connectivity index is 2.62. The normalized spacial score (nSPS) is 10.2. The summed E-state index contributed by atoms with van der Waals surface area (Å²) in [5.41, 5.74) is 3.39. The van der Waals surface area contributed by atoms with Crippen LogP contribution in [0.25, 0.3) is 0 Å². The lowest BCUT2D eigenvalue weighted by atomic mass is 10.3. The van der Waals surface area contributed by atoms with E-state index in [-0.39, 0.29) is 5.91 Å². The van der Waals surface area contributed by atoms with Crippen LogP contribution >= 0.6 is 0 Å². The van der Waals surface area contributed by atoms with Crippen molar-refractivity contribution < 1.29 is 4.79 Å². The van der Waals surface area contributed by atoms with Gasteiger partial charge in [0.25, 0.3) is 0 Å². The fourth-order valence-electron chi connectivity index (χ4n) is 1.96. The molecule has 1 aromatic rings. The highest BCUT2D eigenvalue weighted by atomic mass is 16.2. The number of hydrazine groups is 1. The van der Waals surface area contributed by atoms with E-state index >= 15 is 0 Å². The van der Waals surface area contributed by atoms with Crippen LogP contribution in [0, 0.1) is 13.8 Å². The minimum Gasteiger partial charge on any atom is -0.369 e. The molecule has 0 aliphatic heterocycles. The first-order chi connectivity index (χ1) is 9.53. The molecule has 0 aromatic carbocycles. The number of aryl methyl sites for hydroxylation is 1. The quantitative estimate of drug-likeness (QED) is 0.510. The Labute approximate surface area is 119 Å². The molecule has 0 fully saturated rings. The van der Waals surface area contributed by atoms with Crippen LogP contribution in [0.3, 0.4) is 0 Å². The summed E-state index contributed by atoms with van der Waals surface area (Å²) in [5.74, 6) is 7.48. The van der Waals surface area contributed by atoms with Gasteiger partial charge < -0.3 is 15.6 Å². The maximum absolute atomic E-state index is 11.9. The first-order valence-electron chi connectivity index (χ1n) is 6.86. The van der Waals surface area contributed by atoms with E-state index in [1.165, 1.54) is 0 Å². The number of hydrogen-bond acceptors (Lipinski definition) is 6. The summed E-state index contributed by atoms with van der Waals surface area (Å²) in [6, 6.07) is 0. The van der Waals surface area contributed by atoms with Crippen LogP contribution in [-0.2, 0) is 4.79 Å². The Kier molecular flexibility index (Phi) is 6.17. The molecule has 1 heterocycles. The molecule has 112 valence electrons. The fourth-order valence-corrected chi connectivity index (χ4v) is 1.96. The second-order valence-electron chi connectivity index (χ2n) is 4.48. The number of anilines is 2.